The zero-order valence-electron chi connectivity index (χ0n) is 10.7. The van der Waals surface area contributed by atoms with Gasteiger partial charge in [0.25, 0.3) is 0 Å². The summed E-state index contributed by atoms with van der Waals surface area (Å²) < 4.78 is 35.5. The fraction of sp³-hybridized carbons (Fsp3) is 0.538. The first-order valence-corrected chi connectivity index (χ1v) is 8.01. The molecule has 0 aliphatic rings. The van der Waals surface area contributed by atoms with E-state index in [1.54, 1.807) is 12.1 Å². The van der Waals surface area contributed by atoms with E-state index in [4.69, 9.17) is 0 Å². The van der Waals surface area contributed by atoms with Crippen LogP contribution in [0.2, 0.25) is 0 Å². The minimum atomic E-state index is -2.89. The minimum absolute atomic E-state index is 0.185. The van der Waals surface area contributed by atoms with E-state index in [1.165, 1.54) is 12.1 Å². The third-order valence-corrected chi connectivity index (χ3v) is 4.47. The zero-order chi connectivity index (χ0) is 13.4. The fourth-order valence-electron chi connectivity index (χ4n) is 1.65. The maximum Gasteiger partial charge on any atom is 0.151 e. The number of hydrogen-bond donors (Lipinski definition) is 1. The van der Waals surface area contributed by atoms with E-state index in [0.29, 0.717) is 19.5 Å². The molecular weight excluding hydrogens is 253 g/mol. The molecule has 5 heteroatoms. The Morgan fingerprint density at radius 2 is 1.78 bits per heavy atom. The van der Waals surface area contributed by atoms with Gasteiger partial charge in [0, 0.05) is 12.3 Å². The van der Waals surface area contributed by atoms with Gasteiger partial charge in [-0.1, -0.05) is 19.1 Å². The van der Waals surface area contributed by atoms with Crippen LogP contribution in [-0.4, -0.2) is 33.0 Å². The molecule has 1 aromatic carbocycles. The first kappa shape index (κ1) is 15.1. The quantitative estimate of drug-likeness (QED) is 0.734. The van der Waals surface area contributed by atoms with Crippen LogP contribution in [0.4, 0.5) is 4.39 Å². The van der Waals surface area contributed by atoms with Crippen LogP contribution in [0.5, 0.6) is 0 Å². The van der Waals surface area contributed by atoms with Crippen LogP contribution in [0.25, 0.3) is 0 Å². The summed E-state index contributed by atoms with van der Waals surface area (Å²) in [5, 5.41) is 3.09. The van der Waals surface area contributed by atoms with Crippen molar-refractivity contribution >= 4 is 9.84 Å². The zero-order valence-corrected chi connectivity index (χ0v) is 11.5. The number of benzene rings is 1. The molecule has 0 amide bonds. The molecule has 0 aliphatic carbocycles. The van der Waals surface area contributed by atoms with E-state index in [-0.39, 0.29) is 17.3 Å². The summed E-state index contributed by atoms with van der Waals surface area (Å²) in [6.07, 6.45) is 1.44. The molecule has 0 spiro atoms. The van der Waals surface area contributed by atoms with Crippen molar-refractivity contribution in [2.45, 2.75) is 19.8 Å². The van der Waals surface area contributed by atoms with Crippen LogP contribution < -0.4 is 5.32 Å². The summed E-state index contributed by atoms with van der Waals surface area (Å²) in [7, 11) is -2.89. The SMILES string of the molecule is CCCS(=O)(=O)CCNCCc1ccc(F)cc1. The number of nitrogens with one attached hydrogen (secondary N) is 1. The second kappa shape index (κ2) is 7.48. The van der Waals surface area contributed by atoms with Crippen LogP contribution in [0.15, 0.2) is 24.3 Å². The maximum absolute atomic E-state index is 12.7. The molecule has 0 radical (unpaired) electrons. The maximum atomic E-state index is 12.7. The number of halogens is 1. The predicted molar refractivity (Wildman–Crippen MR) is 71.9 cm³/mol. The van der Waals surface area contributed by atoms with Crippen LogP contribution in [-0.2, 0) is 16.3 Å². The summed E-state index contributed by atoms with van der Waals surface area (Å²) in [6.45, 7) is 3.04. The normalized spacial score (nSPS) is 11.7. The van der Waals surface area contributed by atoms with E-state index in [9.17, 15) is 12.8 Å². The molecule has 1 N–H and O–H groups in total. The Morgan fingerprint density at radius 3 is 2.39 bits per heavy atom. The number of sulfone groups is 1. The Morgan fingerprint density at radius 1 is 1.11 bits per heavy atom. The lowest BCUT2D eigenvalue weighted by Gasteiger charge is -2.05. The van der Waals surface area contributed by atoms with Crippen molar-refractivity contribution in [1.82, 2.24) is 5.32 Å². The minimum Gasteiger partial charge on any atom is -0.315 e. The Balaban J connectivity index is 2.18. The van der Waals surface area contributed by atoms with Gasteiger partial charge in [-0.3, -0.25) is 0 Å². The average molecular weight is 273 g/mol. The number of hydrogen-bond acceptors (Lipinski definition) is 3. The van der Waals surface area contributed by atoms with Gasteiger partial charge in [-0.05, 0) is 37.1 Å². The highest BCUT2D eigenvalue weighted by atomic mass is 32.2. The second-order valence-electron chi connectivity index (χ2n) is 4.28. The highest BCUT2D eigenvalue weighted by molar-refractivity contribution is 7.91. The molecule has 0 aromatic heterocycles. The molecule has 102 valence electrons. The van der Waals surface area contributed by atoms with Crippen molar-refractivity contribution in [3.05, 3.63) is 35.6 Å². The molecule has 0 aliphatic heterocycles. The second-order valence-corrected chi connectivity index (χ2v) is 6.58. The van der Waals surface area contributed by atoms with E-state index in [2.05, 4.69) is 5.32 Å². The molecule has 1 aromatic rings. The first-order chi connectivity index (χ1) is 8.53. The van der Waals surface area contributed by atoms with Crippen molar-refractivity contribution in [2.24, 2.45) is 0 Å². The summed E-state index contributed by atoms with van der Waals surface area (Å²) in [5.74, 6) is 0.203. The monoisotopic (exact) mass is 273 g/mol. The lowest BCUT2D eigenvalue weighted by atomic mass is 10.1. The third-order valence-electron chi connectivity index (χ3n) is 2.61. The molecule has 0 fully saturated rings. The first-order valence-electron chi connectivity index (χ1n) is 6.19. The molecule has 0 saturated carbocycles. The molecule has 1 rings (SSSR count). The Kier molecular flexibility index (Phi) is 6.29. The van der Waals surface area contributed by atoms with Gasteiger partial charge >= 0.3 is 0 Å². The third kappa shape index (κ3) is 6.12. The van der Waals surface area contributed by atoms with Gasteiger partial charge in [-0.15, -0.1) is 0 Å². The van der Waals surface area contributed by atoms with E-state index < -0.39 is 9.84 Å². The molecule has 0 unspecified atom stereocenters. The standard InChI is InChI=1S/C13H20FNO2S/c1-2-10-18(16,17)11-9-15-8-7-12-3-5-13(14)6-4-12/h3-6,15H,2,7-11H2,1H3. The van der Waals surface area contributed by atoms with Crippen molar-refractivity contribution in [1.29, 1.82) is 0 Å². The molecule has 0 heterocycles. The van der Waals surface area contributed by atoms with Crippen LogP contribution in [0, 0.1) is 5.82 Å². The highest BCUT2D eigenvalue weighted by Gasteiger charge is 2.07. The molecule has 18 heavy (non-hydrogen) atoms. The van der Waals surface area contributed by atoms with Gasteiger partial charge in [-0.25, -0.2) is 12.8 Å². The molecule has 0 saturated heterocycles. The predicted octanol–water partition coefficient (Wildman–Crippen LogP) is 1.78. The van der Waals surface area contributed by atoms with Gasteiger partial charge in [0.1, 0.15) is 5.82 Å². The molecular formula is C13H20FNO2S. The Hall–Kier alpha value is -0.940. The van der Waals surface area contributed by atoms with Crippen molar-refractivity contribution in [2.75, 3.05) is 24.6 Å². The average Bonchev–Trinajstić information content (AvgIpc) is 2.31. The lowest BCUT2D eigenvalue weighted by molar-refractivity contribution is 0.589. The largest absolute Gasteiger partial charge is 0.315 e. The smallest absolute Gasteiger partial charge is 0.151 e. The molecule has 3 nitrogen and oxygen atoms in total. The fourth-order valence-corrected chi connectivity index (χ4v) is 2.93. The van der Waals surface area contributed by atoms with Gasteiger partial charge in [-0.2, -0.15) is 0 Å². The summed E-state index contributed by atoms with van der Waals surface area (Å²) in [6, 6.07) is 6.35. The highest BCUT2D eigenvalue weighted by Crippen LogP contribution is 2.02. The Bertz CT molecular complexity index is 443. The summed E-state index contributed by atoms with van der Waals surface area (Å²) in [5.41, 5.74) is 1.04. The topological polar surface area (TPSA) is 46.2 Å². The van der Waals surface area contributed by atoms with Crippen molar-refractivity contribution < 1.29 is 12.8 Å². The van der Waals surface area contributed by atoms with Gasteiger partial charge in [0.05, 0.1) is 5.75 Å². The van der Waals surface area contributed by atoms with Crippen LogP contribution in [0.3, 0.4) is 0 Å². The van der Waals surface area contributed by atoms with Crippen molar-refractivity contribution in [3.8, 4) is 0 Å². The van der Waals surface area contributed by atoms with Gasteiger partial charge in [0.15, 0.2) is 9.84 Å². The van der Waals surface area contributed by atoms with E-state index >= 15 is 0 Å². The molecule has 0 atom stereocenters. The summed E-state index contributed by atoms with van der Waals surface area (Å²) in [4.78, 5) is 0. The Labute approximate surface area is 108 Å². The number of rotatable bonds is 8. The van der Waals surface area contributed by atoms with E-state index in [0.717, 1.165) is 12.0 Å². The van der Waals surface area contributed by atoms with Crippen molar-refractivity contribution in [3.63, 3.8) is 0 Å². The molecule has 0 bridgehead atoms. The van der Waals surface area contributed by atoms with Crippen LogP contribution >= 0.6 is 0 Å². The van der Waals surface area contributed by atoms with Crippen LogP contribution in [0.1, 0.15) is 18.9 Å². The van der Waals surface area contributed by atoms with Gasteiger partial charge < -0.3 is 5.32 Å². The summed E-state index contributed by atoms with van der Waals surface area (Å²) >= 11 is 0. The van der Waals surface area contributed by atoms with E-state index in [1.807, 2.05) is 6.92 Å². The van der Waals surface area contributed by atoms with Gasteiger partial charge in [0.2, 0.25) is 0 Å². The lowest BCUT2D eigenvalue weighted by Crippen LogP contribution is -2.26.